The van der Waals surface area contributed by atoms with Gasteiger partial charge in [-0.2, -0.15) is 0 Å². The van der Waals surface area contributed by atoms with Gasteiger partial charge >= 0.3 is 5.97 Å². The maximum atomic E-state index is 15.0. The number of ether oxygens (including phenoxy) is 2. The summed E-state index contributed by atoms with van der Waals surface area (Å²) < 4.78 is 54.4. The van der Waals surface area contributed by atoms with Gasteiger partial charge in [0, 0.05) is 12.8 Å². The van der Waals surface area contributed by atoms with Gasteiger partial charge in [-0.25, -0.2) is 22.6 Å². The molecule has 1 amide bonds. The van der Waals surface area contributed by atoms with Gasteiger partial charge in [0.1, 0.15) is 22.2 Å². The van der Waals surface area contributed by atoms with Crippen molar-refractivity contribution in [3.05, 3.63) is 65.0 Å². The molecule has 14 heteroatoms. The highest BCUT2D eigenvalue weighted by molar-refractivity contribution is 7.93. The molecule has 0 spiro atoms. The number of methoxy groups -OCH3 is 1. The van der Waals surface area contributed by atoms with E-state index in [0.717, 1.165) is 33.8 Å². The molecule has 0 aliphatic rings. The highest BCUT2D eigenvalue weighted by Gasteiger charge is 2.33. The third kappa shape index (κ3) is 7.76. The minimum absolute atomic E-state index is 0.00489. The van der Waals surface area contributed by atoms with Gasteiger partial charge < -0.3 is 20.5 Å². The lowest BCUT2D eigenvalue weighted by Crippen LogP contribution is -2.32. The van der Waals surface area contributed by atoms with Crippen LogP contribution in [0.4, 0.5) is 15.1 Å². The lowest BCUT2D eigenvalue weighted by atomic mass is 10.2. The number of benzene rings is 2. The first-order valence-electron chi connectivity index (χ1n) is 12.0. The number of carbonyl (C=O) groups excluding carboxylic acids is 2. The number of sulfonamides is 1. The first-order valence-corrected chi connectivity index (χ1v) is 14.3. The van der Waals surface area contributed by atoms with E-state index >= 15 is 0 Å². The van der Waals surface area contributed by atoms with Crippen molar-refractivity contribution in [2.75, 3.05) is 16.7 Å². The average Bonchev–Trinajstić information content (AvgIpc) is 3.36. The second-order valence-corrected chi connectivity index (χ2v) is 12.3. The molecule has 0 unspecified atom stereocenters. The van der Waals surface area contributed by atoms with E-state index in [9.17, 15) is 22.4 Å². The predicted molar refractivity (Wildman–Crippen MR) is 150 cm³/mol. The molecule has 1 heterocycles. The number of anilines is 2. The third-order valence-corrected chi connectivity index (χ3v) is 7.98. The van der Waals surface area contributed by atoms with Crippen molar-refractivity contribution in [2.45, 2.75) is 50.7 Å². The number of nitrogens with two attached hydrogens (primary N) is 1. The zero-order valence-electron chi connectivity index (χ0n) is 22.4. The number of nitrogens with zero attached hydrogens (tertiary/aromatic N) is 2. The number of hydrogen-bond donors (Lipinski definition) is 3. The fourth-order valence-electron chi connectivity index (χ4n) is 3.39. The lowest BCUT2D eigenvalue weighted by molar-refractivity contribution is -0.116. The molecule has 40 heavy (non-hydrogen) atoms. The van der Waals surface area contributed by atoms with Crippen LogP contribution in [0.15, 0.2) is 52.9 Å². The molecule has 4 N–H and O–H groups in total. The summed E-state index contributed by atoms with van der Waals surface area (Å²) in [5.74, 6) is -2.01. The molecule has 0 atom stereocenters. The minimum Gasteiger partial charge on any atom is -0.497 e. The zero-order valence-corrected chi connectivity index (χ0v) is 24.0. The number of thiazole rings is 1. The van der Waals surface area contributed by atoms with E-state index < -0.39 is 38.2 Å². The van der Waals surface area contributed by atoms with E-state index in [1.54, 1.807) is 45.0 Å². The molecule has 3 aromatic rings. The van der Waals surface area contributed by atoms with Crippen molar-refractivity contribution in [2.24, 2.45) is 5.73 Å². The van der Waals surface area contributed by atoms with E-state index in [1.807, 2.05) is 0 Å². The van der Waals surface area contributed by atoms with Crippen molar-refractivity contribution in [1.29, 1.82) is 5.41 Å². The Labute approximate surface area is 235 Å². The first-order chi connectivity index (χ1) is 18.7. The number of nitrogens with one attached hydrogen (secondary N) is 2. The Morgan fingerprint density at radius 3 is 2.40 bits per heavy atom. The first kappa shape index (κ1) is 30.5. The van der Waals surface area contributed by atoms with E-state index in [2.05, 4.69) is 10.3 Å². The highest BCUT2D eigenvalue weighted by atomic mass is 32.2. The van der Waals surface area contributed by atoms with Crippen LogP contribution in [0.25, 0.3) is 0 Å². The van der Waals surface area contributed by atoms with Gasteiger partial charge in [0.2, 0.25) is 5.91 Å². The van der Waals surface area contributed by atoms with E-state index in [-0.39, 0.29) is 41.6 Å². The van der Waals surface area contributed by atoms with Crippen LogP contribution in [0.1, 0.15) is 49.7 Å². The number of rotatable bonds is 11. The molecule has 1 aromatic heterocycles. The molecule has 0 saturated heterocycles. The van der Waals surface area contributed by atoms with Crippen LogP contribution >= 0.6 is 11.3 Å². The molecule has 0 aliphatic carbocycles. The second-order valence-electron chi connectivity index (χ2n) is 9.58. The highest BCUT2D eigenvalue weighted by Crippen LogP contribution is 2.34. The van der Waals surface area contributed by atoms with Crippen molar-refractivity contribution < 1.29 is 31.9 Å². The Morgan fingerprint density at radius 2 is 1.82 bits per heavy atom. The molecule has 0 aliphatic heterocycles. The smallest absolute Gasteiger partial charge is 0.360 e. The van der Waals surface area contributed by atoms with Gasteiger partial charge in [-0.1, -0.05) is 12.1 Å². The predicted octanol–water partition coefficient (Wildman–Crippen LogP) is 4.30. The molecule has 2 aromatic carbocycles. The third-order valence-electron chi connectivity index (χ3n) is 5.28. The van der Waals surface area contributed by atoms with Crippen LogP contribution < -0.4 is 20.1 Å². The quantitative estimate of drug-likeness (QED) is 0.169. The minimum atomic E-state index is -4.46. The number of halogens is 1. The van der Waals surface area contributed by atoms with Crippen molar-refractivity contribution in [3.63, 3.8) is 0 Å². The molecule has 0 bridgehead atoms. The standard InChI is InChI=1S/C26H30FN5O6S2/c1-26(2,3)38-25(34)23-24(39-15-30-23)32(14-16-5-7-17(37-4)8-6-16)40(35,36)18-9-10-20(19(27)13-18)31-22(33)12-11-21(28)29/h5-10,13,15H,11-12,14H2,1-4H3,(H3,28,29)(H,31,33). The summed E-state index contributed by atoms with van der Waals surface area (Å²) in [6, 6.07) is 9.70. The maximum Gasteiger partial charge on any atom is 0.360 e. The Bertz CT molecular complexity index is 1500. The summed E-state index contributed by atoms with van der Waals surface area (Å²) in [4.78, 5) is 28.6. The van der Waals surface area contributed by atoms with Crippen LogP contribution in [0.2, 0.25) is 0 Å². The number of amides is 1. The fourth-order valence-corrected chi connectivity index (χ4v) is 5.87. The molecular formula is C26H30FN5O6S2. The summed E-state index contributed by atoms with van der Waals surface area (Å²) in [6.45, 7) is 4.81. The number of esters is 1. The molecule has 3 rings (SSSR count). The van der Waals surface area contributed by atoms with Gasteiger partial charge in [0.25, 0.3) is 10.0 Å². The van der Waals surface area contributed by atoms with Crippen molar-refractivity contribution in [3.8, 4) is 5.75 Å². The largest absolute Gasteiger partial charge is 0.497 e. The Morgan fingerprint density at radius 1 is 1.15 bits per heavy atom. The lowest BCUT2D eigenvalue weighted by Gasteiger charge is -2.25. The van der Waals surface area contributed by atoms with E-state index in [0.29, 0.717) is 11.3 Å². The zero-order chi connectivity index (χ0) is 29.7. The molecular weight excluding hydrogens is 561 g/mol. The Balaban J connectivity index is 2.02. The monoisotopic (exact) mass is 591 g/mol. The number of aromatic nitrogens is 1. The number of amidine groups is 1. The molecule has 0 saturated carbocycles. The van der Waals surface area contributed by atoms with Gasteiger partial charge in [-0.15, -0.1) is 11.3 Å². The SMILES string of the molecule is COc1ccc(CN(c2scnc2C(=O)OC(C)(C)C)S(=O)(=O)c2ccc(NC(=O)CCC(=N)N)c(F)c2)cc1. The summed E-state index contributed by atoms with van der Waals surface area (Å²) in [5.41, 5.74) is 5.84. The van der Waals surface area contributed by atoms with Crippen LogP contribution in [-0.4, -0.2) is 43.8 Å². The van der Waals surface area contributed by atoms with E-state index in [4.69, 9.17) is 20.6 Å². The summed E-state index contributed by atoms with van der Waals surface area (Å²) in [5, 5.41) is 9.54. The van der Waals surface area contributed by atoms with Gasteiger partial charge in [0.05, 0.1) is 35.6 Å². The summed E-state index contributed by atoms with van der Waals surface area (Å²) >= 11 is 0.916. The molecule has 0 fully saturated rings. The molecule has 214 valence electrons. The Hall–Kier alpha value is -4.04. The second kappa shape index (κ2) is 12.4. The molecule has 11 nitrogen and oxygen atoms in total. The van der Waals surface area contributed by atoms with Crippen LogP contribution in [0.3, 0.4) is 0 Å². The van der Waals surface area contributed by atoms with Gasteiger partial charge in [-0.05, 0) is 56.7 Å². The van der Waals surface area contributed by atoms with Crippen molar-refractivity contribution >= 4 is 49.8 Å². The number of carbonyl (C=O) groups is 2. The van der Waals surface area contributed by atoms with Gasteiger partial charge in [-0.3, -0.25) is 14.5 Å². The van der Waals surface area contributed by atoms with E-state index in [1.165, 1.54) is 12.6 Å². The summed E-state index contributed by atoms with van der Waals surface area (Å²) in [6.07, 6.45) is -0.141. The van der Waals surface area contributed by atoms with Gasteiger partial charge in [0.15, 0.2) is 5.69 Å². The summed E-state index contributed by atoms with van der Waals surface area (Å²) in [7, 11) is -2.96. The fraction of sp³-hybridized carbons (Fsp3) is 0.308. The Kier molecular flexibility index (Phi) is 9.48. The van der Waals surface area contributed by atoms with Crippen LogP contribution in [0.5, 0.6) is 5.75 Å². The maximum absolute atomic E-state index is 15.0. The topological polar surface area (TPSA) is 165 Å². The van der Waals surface area contributed by atoms with Crippen LogP contribution in [-0.2, 0) is 26.1 Å². The normalized spacial score (nSPS) is 11.5. The molecule has 0 radical (unpaired) electrons. The van der Waals surface area contributed by atoms with Crippen LogP contribution in [0, 0.1) is 11.2 Å². The van der Waals surface area contributed by atoms with Crippen molar-refractivity contribution in [1.82, 2.24) is 4.98 Å². The average molecular weight is 592 g/mol. The number of hydrogen-bond acceptors (Lipinski definition) is 9.